The van der Waals surface area contributed by atoms with Gasteiger partial charge in [-0.1, -0.05) is 0 Å². The number of nitrogens with zero attached hydrogens (tertiary/aromatic N) is 1. The van der Waals surface area contributed by atoms with Crippen molar-refractivity contribution in [3.63, 3.8) is 0 Å². The van der Waals surface area contributed by atoms with Crippen molar-refractivity contribution in [2.45, 2.75) is 24.8 Å². The molecule has 1 atom stereocenters. The molecule has 108 valence electrons. The zero-order valence-electron chi connectivity index (χ0n) is 11.3. The summed E-state index contributed by atoms with van der Waals surface area (Å²) in [6.07, 6.45) is 1.05. The fourth-order valence-corrected chi connectivity index (χ4v) is 5.30. The first kappa shape index (κ1) is 14.9. The SMILES string of the molecule is Cc1csc(CN)c1S(=O)(=O)NCC1CCN(C)C1. The second kappa shape index (κ2) is 5.88. The molecule has 5 nitrogen and oxygen atoms in total. The van der Waals surface area contributed by atoms with Gasteiger partial charge in [-0.2, -0.15) is 0 Å². The van der Waals surface area contributed by atoms with Gasteiger partial charge in [0.1, 0.15) is 4.90 Å². The average molecular weight is 303 g/mol. The Bertz CT molecular complexity index is 539. The van der Waals surface area contributed by atoms with Gasteiger partial charge in [0.25, 0.3) is 0 Å². The highest BCUT2D eigenvalue weighted by molar-refractivity contribution is 7.89. The number of rotatable bonds is 5. The lowest BCUT2D eigenvalue weighted by atomic mass is 10.1. The van der Waals surface area contributed by atoms with E-state index in [1.807, 2.05) is 12.3 Å². The van der Waals surface area contributed by atoms with E-state index < -0.39 is 10.0 Å². The van der Waals surface area contributed by atoms with Crippen LogP contribution in [0.2, 0.25) is 0 Å². The van der Waals surface area contributed by atoms with Crippen molar-refractivity contribution < 1.29 is 8.42 Å². The first-order chi connectivity index (χ1) is 8.94. The van der Waals surface area contributed by atoms with Gasteiger partial charge in [0.05, 0.1) is 0 Å². The van der Waals surface area contributed by atoms with E-state index in [0.29, 0.717) is 17.4 Å². The summed E-state index contributed by atoms with van der Waals surface area (Å²) < 4.78 is 27.5. The Labute approximate surface area is 118 Å². The zero-order chi connectivity index (χ0) is 14.0. The molecule has 0 radical (unpaired) electrons. The van der Waals surface area contributed by atoms with E-state index in [-0.39, 0.29) is 6.54 Å². The zero-order valence-corrected chi connectivity index (χ0v) is 13.0. The van der Waals surface area contributed by atoms with Crippen LogP contribution < -0.4 is 10.5 Å². The first-order valence-electron chi connectivity index (χ1n) is 6.39. The van der Waals surface area contributed by atoms with Crippen LogP contribution in [0.4, 0.5) is 0 Å². The van der Waals surface area contributed by atoms with Gasteiger partial charge in [-0.15, -0.1) is 11.3 Å². The average Bonchev–Trinajstić information content (AvgIpc) is 2.93. The van der Waals surface area contributed by atoms with Crippen LogP contribution in [0, 0.1) is 12.8 Å². The molecule has 19 heavy (non-hydrogen) atoms. The Morgan fingerprint density at radius 3 is 2.89 bits per heavy atom. The Morgan fingerprint density at radius 2 is 2.32 bits per heavy atom. The maximum Gasteiger partial charge on any atom is 0.241 e. The molecule has 1 aliphatic rings. The molecule has 1 unspecified atom stereocenters. The Balaban J connectivity index is 2.08. The van der Waals surface area contributed by atoms with Crippen LogP contribution in [-0.2, 0) is 16.6 Å². The van der Waals surface area contributed by atoms with E-state index in [1.54, 1.807) is 0 Å². The molecular weight excluding hydrogens is 282 g/mol. The van der Waals surface area contributed by atoms with Crippen molar-refractivity contribution in [2.24, 2.45) is 11.7 Å². The number of nitrogens with one attached hydrogen (secondary N) is 1. The maximum atomic E-state index is 12.4. The van der Waals surface area contributed by atoms with Crippen molar-refractivity contribution in [1.82, 2.24) is 9.62 Å². The van der Waals surface area contributed by atoms with E-state index in [1.165, 1.54) is 11.3 Å². The number of hydrogen-bond donors (Lipinski definition) is 2. The summed E-state index contributed by atoms with van der Waals surface area (Å²) in [6.45, 7) is 4.58. The van der Waals surface area contributed by atoms with Crippen LogP contribution in [0.5, 0.6) is 0 Å². The molecule has 0 amide bonds. The van der Waals surface area contributed by atoms with Gasteiger partial charge in [-0.05, 0) is 43.8 Å². The summed E-state index contributed by atoms with van der Waals surface area (Å²) in [5.74, 6) is 0.403. The number of sulfonamides is 1. The lowest BCUT2D eigenvalue weighted by Gasteiger charge is -2.13. The summed E-state index contributed by atoms with van der Waals surface area (Å²) in [4.78, 5) is 3.33. The predicted octanol–water partition coefficient (Wildman–Crippen LogP) is 0.745. The Morgan fingerprint density at radius 1 is 1.58 bits per heavy atom. The fraction of sp³-hybridized carbons (Fsp3) is 0.667. The minimum atomic E-state index is -3.43. The lowest BCUT2D eigenvalue weighted by molar-refractivity contribution is 0.394. The molecule has 2 heterocycles. The van der Waals surface area contributed by atoms with Crippen LogP contribution in [0.15, 0.2) is 10.3 Å². The van der Waals surface area contributed by atoms with Crippen molar-refractivity contribution in [2.75, 3.05) is 26.7 Å². The third-order valence-corrected chi connectivity index (χ3v) is 6.40. The summed E-state index contributed by atoms with van der Waals surface area (Å²) in [5.41, 5.74) is 6.39. The number of aryl methyl sites for hydroxylation is 1. The number of nitrogens with two attached hydrogens (primary N) is 1. The highest BCUT2D eigenvalue weighted by Crippen LogP contribution is 2.26. The van der Waals surface area contributed by atoms with Gasteiger partial charge in [-0.3, -0.25) is 0 Å². The van der Waals surface area contributed by atoms with Crippen molar-refractivity contribution in [3.05, 3.63) is 15.8 Å². The van der Waals surface area contributed by atoms with Gasteiger partial charge >= 0.3 is 0 Å². The fourth-order valence-electron chi connectivity index (χ4n) is 2.48. The molecular formula is C12H21N3O2S2. The second-order valence-corrected chi connectivity index (χ2v) is 7.81. The third kappa shape index (κ3) is 3.35. The van der Waals surface area contributed by atoms with Gasteiger partial charge in [0.2, 0.25) is 10.0 Å². The summed E-state index contributed by atoms with van der Waals surface area (Å²) in [6, 6.07) is 0. The molecule has 0 spiro atoms. The van der Waals surface area contributed by atoms with Crippen molar-refractivity contribution in [3.8, 4) is 0 Å². The summed E-state index contributed by atoms with van der Waals surface area (Å²) >= 11 is 1.41. The normalized spacial score (nSPS) is 21.1. The summed E-state index contributed by atoms with van der Waals surface area (Å²) in [7, 11) is -1.37. The summed E-state index contributed by atoms with van der Waals surface area (Å²) in [5, 5.41) is 1.85. The highest BCUT2D eigenvalue weighted by Gasteiger charge is 2.25. The first-order valence-corrected chi connectivity index (χ1v) is 8.75. The van der Waals surface area contributed by atoms with E-state index in [9.17, 15) is 8.42 Å². The minimum absolute atomic E-state index is 0.265. The topological polar surface area (TPSA) is 75.4 Å². The third-order valence-electron chi connectivity index (χ3n) is 3.49. The largest absolute Gasteiger partial charge is 0.326 e. The number of likely N-dealkylation sites (tertiary alicyclic amines) is 1. The van der Waals surface area contributed by atoms with E-state index >= 15 is 0 Å². The molecule has 1 aromatic rings. The lowest BCUT2D eigenvalue weighted by Crippen LogP contribution is -2.31. The quantitative estimate of drug-likeness (QED) is 0.841. The number of hydrogen-bond acceptors (Lipinski definition) is 5. The van der Waals surface area contributed by atoms with Gasteiger partial charge < -0.3 is 10.6 Å². The minimum Gasteiger partial charge on any atom is -0.326 e. The van der Waals surface area contributed by atoms with Gasteiger partial charge in [0.15, 0.2) is 0 Å². The number of thiophene rings is 1. The smallest absolute Gasteiger partial charge is 0.241 e. The molecule has 0 saturated carbocycles. The van der Waals surface area contributed by atoms with E-state index in [0.717, 1.165) is 30.0 Å². The second-order valence-electron chi connectivity index (χ2n) is 5.14. The van der Waals surface area contributed by atoms with Crippen LogP contribution >= 0.6 is 11.3 Å². The molecule has 2 rings (SSSR count). The van der Waals surface area contributed by atoms with Crippen LogP contribution in [0.25, 0.3) is 0 Å². The van der Waals surface area contributed by atoms with Gasteiger partial charge in [0, 0.05) is 24.5 Å². The van der Waals surface area contributed by atoms with Crippen LogP contribution in [0.3, 0.4) is 0 Å². The predicted molar refractivity (Wildman–Crippen MR) is 77.7 cm³/mol. The Hall–Kier alpha value is -0.470. The molecule has 1 fully saturated rings. The van der Waals surface area contributed by atoms with Gasteiger partial charge in [-0.25, -0.2) is 13.1 Å². The monoisotopic (exact) mass is 303 g/mol. The molecule has 7 heteroatoms. The molecule has 1 aromatic heterocycles. The van der Waals surface area contributed by atoms with E-state index in [2.05, 4.69) is 16.7 Å². The Kier molecular flexibility index (Phi) is 4.62. The van der Waals surface area contributed by atoms with E-state index in [4.69, 9.17) is 5.73 Å². The highest BCUT2D eigenvalue weighted by atomic mass is 32.2. The molecule has 0 aliphatic carbocycles. The molecule has 1 saturated heterocycles. The molecule has 0 bridgehead atoms. The van der Waals surface area contributed by atoms with Crippen molar-refractivity contribution in [1.29, 1.82) is 0 Å². The standard InChI is InChI=1S/C12H21N3O2S2/c1-9-8-18-11(5-13)12(9)19(16,17)14-6-10-3-4-15(2)7-10/h8,10,14H,3-7,13H2,1-2H3. The van der Waals surface area contributed by atoms with Crippen LogP contribution in [-0.4, -0.2) is 40.0 Å². The maximum absolute atomic E-state index is 12.4. The van der Waals surface area contributed by atoms with Crippen molar-refractivity contribution >= 4 is 21.4 Å². The molecule has 3 N–H and O–H groups in total. The molecule has 1 aliphatic heterocycles. The molecule has 0 aromatic carbocycles. The van der Waals surface area contributed by atoms with Crippen LogP contribution in [0.1, 0.15) is 16.9 Å².